The van der Waals surface area contributed by atoms with Crippen molar-refractivity contribution in [3.8, 4) is 5.75 Å². The summed E-state index contributed by atoms with van der Waals surface area (Å²) in [5.41, 5.74) is 0.901. The summed E-state index contributed by atoms with van der Waals surface area (Å²) in [6.07, 6.45) is 0. The molecular weight excluding hydrogens is 155 g/mol. The van der Waals surface area contributed by atoms with Gasteiger partial charge in [0.15, 0.2) is 11.6 Å². The van der Waals surface area contributed by atoms with E-state index in [9.17, 15) is 4.39 Å². The SMILES string of the molecule is CC.COc1ccc(C)cc1F. The third-order valence-electron chi connectivity index (χ3n) is 1.31. The van der Waals surface area contributed by atoms with Gasteiger partial charge in [-0.1, -0.05) is 19.9 Å². The Balaban J connectivity index is 0.000000561. The molecule has 0 aliphatic carbocycles. The highest BCUT2D eigenvalue weighted by molar-refractivity contribution is 5.28. The maximum Gasteiger partial charge on any atom is 0.165 e. The Morgan fingerprint density at radius 2 is 1.83 bits per heavy atom. The Morgan fingerprint density at radius 3 is 2.25 bits per heavy atom. The highest BCUT2D eigenvalue weighted by Gasteiger charge is 1.98. The zero-order valence-electron chi connectivity index (χ0n) is 8.02. The van der Waals surface area contributed by atoms with Gasteiger partial charge in [-0.2, -0.15) is 0 Å². The van der Waals surface area contributed by atoms with Crippen LogP contribution in [0.15, 0.2) is 18.2 Å². The molecule has 1 rings (SSSR count). The van der Waals surface area contributed by atoms with Gasteiger partial charge in [0.2, 0.25) is 0 Å². The summed E-state index contributed by atoms with van der Waals surface area (Å²) in [5, 5.41) is 0. The van der Waals surface area contributed by atoms with Crippen molar-refractivity contribution < 1.29 is 9.13 Å². The largest absolute Gasteiger partial charge is 0.494 e. The van der Waals surface area contributed by atoms with Crippen molar-refractivity contribution in [3.05, 3.63) is 29.6 Å². The topological polar surface area (TPSA) is 9.23 Å². The summed E-state index contributed by atoms with van der Waals surface area (Å²) in [4.78, 5) is 0. The van der Waals surface area contributed by atoms with Crippen molar-refractivity contribution in [2.45, 2.75) is 20.8 Å². The Morgan fingerprint density at radius 1 is 1.25 bits per heavy atom. The van der Waals surface area contributed by atoms with E-state index in [4.69, 9.17) is 4.74 Å². The number of ether oxygens (including phenoxy) is 1. The van der Waals surface area contributed by atoms with E-state index in [0.717, 1.165) is 5.56 Å². The maximum atomic E-state index is 12.7. The van der Waals surface area contributed by atoms with Crippen LogP contribution in [0.2, 0.25) is 0 Å². The van der Waals surface area contributed by atoms with E-state index < -0.39 is 0 Å². The highest BCUT2D eigenvalue weighted by atomic mass is 19.1. The lowest BCUT2D eigenvalue weighted by molar-refractivity contribution is 0.386. The molecule has 0 N–H and O–H groups in total. The lowest BCUT2D eigenvalue weighted by atomic mass is 10.2. The fourth-order valence-electron chi connectivity index (χ4n) is 0.771. The van der Waals surface area contributed by atoms with Gasteiger partial charge in [0.1, 0.15) is 0 Å². The lowest BCUT2D eigenvalue weighted by Gasteiger charge is -2.00. The van der Waals surface area contributed by atoms with Gasteiger partial charge in [-0.05, 0) is 24.6 Å². The van der Waals surface area contributed by atoms with Crippen LogP contribution in [0.4, 0.5) is 4.39 Å². The van der Waals surface area contributed by atoms with Gasteiger partial charge < -0.3 is 4.74 Å². The fourth-order valence-corrected chi connectivity index (χ4v) is 0.771. The van der Waals surface area contributed by atoms with E-state index in [1.807, 2.05) is 26.8 Å². The summed E-state index contributed by atoms with van der Waals surface area (Å²) in [5.74, 6) is -0.00639. The number of rotatable bonds is 1. The van der Waals surface area contributed by atoms with Crippen LogP contribution in [0, 0.1) is 12.7 Å². The van der Waals surface area contributed by atoms with E-state index in [1.165, 1.54) is 13.2 Å². The van der Waals surface area contributed by atoms with Crippen LogP contribution in [-0.4, -0.2) is 7.11 Å². The highest BCUT2D eigenvalue weighted by Crippen LogP contribution is 2.16. The zero-order chi connectivity index (χ0) is 9.56. The number of hydrogen-bond acceptors (Lipinski definition) is 1. The molecule has 0 unspecified atom stereocenters. The quantitative estimate of drug-likeness (QED) is 0.629. The van der Waals surface area contributed by atoms with E-state index in [0.29, 0.717) is 5.75 Å². The number of methoxy groups -OCH3 is 1. The fraction of sp³-hybridized carbons (Fsp3) is 0.400. The van der Waals surface area contributed by atoms with E-state index in [1.54, 1.807) is 6.07 Å². The molecule has 0 saturated carbocycles. The first-order chi connectivity index (χ1) is 5.74. The van der Waals surface area contributed by atoms with Crippen LogP contribution >= 0.6 is 0 Å². The molecule has 0 heterocycles. The van der Waals surface area contributed by atoms with E-state index >= 15 is 0 Å². The molecule has 0 fully saturated rings. The molecule has 0 aromatic heterocycles. The Hall–Kier alpha value is -1.05. The molecule has 0 aliphatic heterocycles. The summed E-state index contributed by atoms with van der Waals surface area (Å²) >= 11 is 0. The predicted molar refractivity (Wildman–Crippen MR) is 49.0 cm³/mol. The van der Waals surface area contributed by atoms with Gasteiger partial charge in [0.25, 0.3) is 0 Å². The summed E-state index contributed by atoms with van der Waals surface area (Å²) in [6.45, 7) is 5.84. The third-order valence-corrected chi connectivity index (χ3v) is 1.31. The average Bonchev–Trinajstić information content (AvgIpc) is 2.08. The van der Waals surface area contributed by atoms with E-state index in [2.05, 4.69) is 0 Å². The molecular formula is C10H15FO. The van der Waals surface area contributed by atoms with Gasteiger partial charge in [0, 0.05) is 0 Å². The molecule has 0 amide bonds. The smallest absolute Gasteiger partial charge is 0.165 e. The Labute approximate surface area is 73.2 Å². The second-order valence-electron chi connectivity index (χ2n) is 2.14. The van der Waals surface area contributed by atoms with Gasteiger partial charge in [-0.3, -0.25) is 0 Å². The van der Waals surface area contributed by atoms with Crippen LogP contribution in [0.1, 0.15) is 19.4 Å². The molecule has 68 valence electrons. The zero-order valence-corrected chi connectivity index (χ0v) is 8.02. The van der Waals surface area contributed by atoms with Crippen LogP contribution in [0.3, 0.4) is 0 Å². The molecule has 0 bridgehead atoms. The first-order valence-corrected chi connectivity index (χ1v) is 4.04. The van der Waals surface area contributed by atoms with Crippen molar-refractivity contribution in [1.29, 1.82) is 0 Å². The van der Waals surface area contributed by atoms with Crippen molar-refractivity contribution >= 4 is 0 Å². The number of aryl methyl sites for hydroxylation is 1. The normalized spacial score (nSPS) is 8.42. The van der Waals surface area contributed by atoms with Crippen molar-refractivity contribution in [1.82, 2.24) is 0 Å². The molecule has 0 atom stereocenters. The molecule has 1 aromatic rings. The molecule has 0 radical (unpaired) electrons. The van der Waals surface area contributed by atoms with Crippen LogP contribution < -0.4 is 4.74 Å². The molecule has 0 spiro atoms. The van der Waals surface area contributed by atoms with Gasteiger partial charge in [-0.15, -0.1) is 0 Å². The summed E-state index contributed by atoms with van der Waals surface area (Å²) in [6, 6.07) is 4.87. The first-order valence-electron chi connectivity index (χ1n) is 4.04. The average molecular weight is 170 g/mol. The lowest BCUT2D eigenvalue weighted by Crippen LogP contribution is -1.87. The minimum atomic E-state index is -0.303. The Bertz CT molecular complexity index is 233. The first kappa shape index (κ1) is 11.0. The molecule has 0 aliphatic rings. The van der Waals surface area contributed by atoms with Crippen molar-refractivity contribution in [3.63, 3.8) is 0 Å². The molecule has 0 saturated heterocycles. The second kappa shape index (κ2) is 5.58. The Kier molecular flexibility index (Phi) is 5.09. The molecule has 12 heavy (non-hydrogen) atoms. The van der Waals surface area contributed by atoms with Gasteiger partial charge in [0.05, 0.1) is 7.11 Å². The van der Waals surface area contributed by atoms with Crippen LogP contribution in [-0.2, 0) is 0 Å². The number of hydrogen-bond donors (Lipinski definition) is 0. The predicted octanol–water partition coefficient (Wildman–Crippen LogP) is 3.17. The van der Waals surface area contributed by atoms with Gasteiger partial charge >= 0.3 is 0 Å². The summed E-state index contributed by atoms with van der Waals surface area (Å²) in [7, 11) is 1.45. The standard InChI is InChI=1S/C8H9FO.C2H6/c1-6-3-4-8(10-2)7(9)5-6;1-2/h3-5H,1-2H3;1-2H3. The van der Waals surface area contributed by atoms with Crippen molar-refractivity contribution in [2.24, 2.45) is 0 Å². The number of halogens is 1. The monoisotopic (exact) mass is 170 g/mol. The molecule has 2 heteroatoms. The van der Waals surface area contributed by atoms with E-state index in [-0.39, 0.29) is 5.82 Å². The minimum Gasteiger partial charge on any atom is -0.494 e. The number of benzene rings is 1. The summed E-state index contributed by atoms with van der Waals surface area (Å²) < 4.78 is 17.5. The maximum absolute atomic E-state index is 12.7. The minimum absolute atomic E-state index is 0.297. The van der Waals surface area contributed by atoms with Crippen LogP contribution in [0.5, 0.6) is 5.75 Å². The van der Waals surface area contributed by atoms with Crippen LogP contribution in [0.25, 0.3) is 0 Å². The molecule has 1 nitrogen and oxygen atoms in total. The van der Waals surface area contributed by atoms with Crippen molar-refractivity contribution in [2.75, 3.05) is 7.11 Å². The third kappa shape index (κ3) is 2.91. The second-order valence-corrected chi connectivity index (χ2v) is 2.14. The van der Waals surface area contributed by atoms with Gasteiger partial charge in [-0.25, -0.2) is 4.39 Å². The molecule has 1 aromatic carbocycles.